The SMILES string of the molecule is [2H]c1c([2H])c([2H])c(-c2c([2H])c([2H])c([Si](c3c([2H])c([2H])c([2H])c([2H])c3[2H])(c3c([2H])c([2H])c([2H])c([2H])c3[2H])c3c([2H])c([2H])c(-n4c5ccccc5c5cc(-n6c7c([2H])c([2H])c([2H])c([2H])c7c7c([2H])c([2H])c([2H])c([2H])c76)c6sc7ccccc7c6c54)c([2H])c3[2H])c([2H])c2[2H])c([2H])c1[2H]. The molecule has 0 aliphatic rings. The lowest BCUT2D eigenvalue weighted by molar-refractivity contribution is 1.18. The number of hydrogen-bond acceptors (Lipinski definition) is 1. The fourth-order valence-corrected chi connectivity index (χ4v) is 13.3. The molecule has 0 atom stereocenters. The average molecular weight is 880 g/mol. The Bertz CT molecular complexity index is 5480. The predicted molar refractivity (Wildman–Crippen MR) is 277 cm³/mol. The zero-order chi connectivity index (χ0) is 69.2. The molecule has 0 amide bonds. The van der Waals surface area contributed by atoms with Crippen molar-refractivity contribution in [3.63, 3.8) is 0 Å². The number of hydrogen-bond donors (Lipinski definition) is 0. The van der Waals surface area contributed by atoms with Gasteiger partial charge in [-0.05, 0) is 74.2 Å². The van der Waals surface area contributed by atoms with E-state index in [0.29, 0.717) is 15.5 Å². The first-order valence-electron chi connectivity index (χ1n) is 35.0. The number of para-hydroxylation sites is 3. The van der Waals surface area contributed by atoms with Gasteiger partial charge in [-0.2, -0.15) is 0 Å². The van der Waals surface area contributed by atoms with E-state index in [1.54, 1.807) is 54.6 Å². The second-order valence-corrected chi connectivity index (χ2v) is 19.0. The van der Waals surface area contributed by atoms with Gasteiger partial charge in [0.1, 0.15) is 0 Å². The molecule has 3 aromatic heterocycles. The molecule has 0 saturated carbocycles. The third-order valence-corrected chi connectivity index (χ3v) is 16.4. The van der Waals surface area contributed by atoms with Gasteiger partial charge in [0.2, 0.25) is 0 Å². The van der Waals surface area contributed by atoms with Crippen LogP contribution in [0.2, 0.25) is 0 Å². The summed E-state index contributed by atoms with van der Waals surface area (Å²) in [5.74, 6) is 0. The minimum atomic E-state index is -6.48. The molecule has 0 N–H and O–H groups in total. The van der Waals surface area contributed by atoms with E-state index in [-0.39, 0.29) is 54.0 Å². The highest BCUT2D eigenvalue weighted by Gasteiger charge is 2.41. The van der Waals surface area contributed by atoms with E-state index < -0.39 is 233 Å². The number of thiophene rings is 1. The van der Waals surface area contributed by atoms with Gasteiger partial charge in [-0.25, -0.2) is 0 Å². The van der Waals surface area contributed by atoms with Crippen LogP contribution in [0.1, 0.15) is 42.5 Å². The van der Waals surface area contributed by atoms with Crippen molar-refractivity contribution >= 4 is 104 Å². The van der Waals surface area contributed by atoms with Crippen LogP contribution in [0, 0.1) is 0 Å². The Morgan fingerprint density at radius 3 is 1.53 bits per heavy atom. The van der Waals surface area contributed by atoms with Crippen LogP contribution in [0.25, 0.3) is 86.3 Å². The summed E-state index contributed by atoms with van der Waals surface area (Å²) in [4.78, 5) is 0. The van der Waals surface area contributed by atoms with Crippen LogP contribution in [0.3, 0.4) is 0 Å². The number of benzene rings is 10. The summed E-state index contributed by atoms with van der Waals surface area (Å²) in [5, 5.41) is -3.63. The van der Waals surface area contributed by atoms with E-state index in [4.69, 9.17) is 20.6 Å². The third-order valence-electron chi connectivity index (χ3n) is 11.2. The van der Waals surface area contributed by atoms with Crippen molar-refractivity contribution in [3.8, 4) is 22.5 Å². The summed E-state index contributed by atoms with van der Waals surface area (Å²) < 4.78 is 293. The van der Waals surface area contributed by atoms with Crippen molar-refractivity contribution in [2.45, 2.75) is 0 Å². The van der Waals surface area contributed by atoms with E-state index >= 15 is 0 Å². The molecule has 0 saturated heterocycles. The maximum absolute atomic E-state index is 10.5. The van der Waals surface area contributed by atoms with Gasteiger partial charge in [0.05, 0.1) is 74.9 Å². The van der Waals surface area contributed by atoms with E-state index in [2.05, 4.69) is 0 Å². The van der Waals surface area contributed by atoms with Gasteiger partial charge in [-0.3, -0.25) is 0 Å². The zero-order valence-electron chi connectivity index (χ0n) is 63.5. The van der Waals surface area contributed by atoms with E-state index in [1.165, 1.54) is 9.13 Å². The normalized spacial score (nSPS) is 18.8. The van der Waals surface area contributed by atoms with Gasteiger partial charge in [0, 0.05) is 42.7 Å². The van der Waals surface area contributed by atoms with Gasteiger partial charge >= 0.3 is 0 Å². The maximum atomic E-state index is 10.5. The minimum Gasteiger partial charge on any atom is -0.309 e. The highest BCUT2D eigenvalue weighted by molar-refractivity contribution is 7.26. The number of rotatable bonds is 7. The first kappa shape index (κ1) is 17.4. The molecule has 0 spiro atoms. The molecule has 3 heterocycles. The Hall–Kier alpha value is -7.76. The quantitative estimate of drug-likeness (QED) is 0.111. The zero-order valence-corrected chi connectivity index (χ0v) is 34.3. The molecule has 0 bridgehead atoms. The fraction of sp³-hybridized carbons (Fsp3) is 0. The first-order chi connectivity index (χ1) is 44.7. The number of nitrogens with zero attached hydrogens (tertiary/aromatic N) is 2. The molecule has 0 aliphatic heterocycles. The molecule has 0 radical (unpaired) electrons. The van der Waals surface area contributed by atoms with Crippen molar-refractivity contribution in [1.29, 1.82) is 0 Å². The van der Waals surface area contributed by atoms with Gasteiger partial charge in [-0.1, -0.05) is 200 Å². The molecule has 0 aliphatic carbocycles. The molecule has 10 aromatic carbocycles. The van der Waals surface area contributed by atoms with Crippen LogP contribution in [-0.2, 0) is 0 Å². The molecule has 0 unspecified atom stereocenters. The van der Waals surface area contributed by atoms with Crippen LogP contribution in [0.15, 0.2) is 242 Å². The van der Waals surface area contributed by atoms with Gasteiger partial charge in [-0.15, -0.1) is 11.3 Å². The summed E-state index contributed by atoms with van der Waals surface area (Å²) in [7, 11) is -6.48. The largest absolute Gasteiger partial charge is 0.309 e. The lowest BCUT2D eigenvalue weighted by Crippen LogP contribution is -2.74. The standard InChI is InChI=1S/C60H40N2SSi/c1-4-18-41(19-5-1)42-32-36-46(37-33-42)64(44-20-6-2-7-21-44,45-22-8-3-9-23-45)47-38-34-43(35-39-47)61-53-28-14-12-26-50(53)52-40-56(60-58(59(52)61)51-27-13-17-31-57(51)63-60)62-54-29-15-10-24-48(54)49-25-11-16-30-55(49)62/h1-40H/i1D,2D,3D,4D,5D,6D,7D,8D,9D,10D,11D,15D,16D,18D,19D,20D,21D,22D,23D,24D,25D,29D,30D,32D,33D,34D,35D,36D,37D,38D,39D. The summed E-state index contributed by atoms with van der Waals surface area (Å²) in [5.41, 5.74) is -2.42. The van der Waals surface area contributed by atoms with Crippen LogP contribution < -0.4 is 20.7 Å². The predicted octanol–water partition coefficient (Wildman–Crippen LogP) is 13.3. The molecule has 13 rings (SSSR count). The molecule has 300 valence electrons. The van der Waals surface area contributed by atoms with Crippen molar-refractivity contribution in [2.24, 2.45) is 0 Å². The summed E-state index contributed by atoms with van der Waals surface area (Å²) in [6.45, 7) is 0. The first-order valence-corrected chi connectivity index (χ1v) is 22.3. The molecule has 4 heteroatoms. The Labute approximate surface area is 419 Å². The number of fused-ring (bicyclic) bond motifs is 10. The molecular weight excluding hydrogens is 809 g/mol. The van der Waals surface area contributed by atoms with E-state index in [9.17, 15) is 21.9 Å². The molecule has 64 heavy (non-hydrogen) atoms. The van der Waals surface area contributed by atoms with Crippen molar-refractivity contribution in [2.75, 3.05) is 0 Å². The molecule has 13 aromatic rings. The second kappa shape index (κ2) is 14.7. The van der Waals surface area contributed by atoms with Crippen LogP contribution in [0.5, 0.6) is 0 Å². The lowest BCUT2D eigenvalue weighted by atomic mass is 10.1. The third kappa shape index (κ3) is 5.43. The van der Waals surface area contributed by atoms with E-state index in [0.717, 1.165) is 11.3 Å². The Morgan fingerprint density at radius 2 is 0.891 bits per heavy atom. The summed E-state index contributed by atoms with van der Waals surface area (Å²) in [6.07, 6.45) is 0. The smallest absolute Gasteiger partial charge is 0.179 e. The molecule has 2 nitrogen and oxygen atoms in total. The average Bonchev–Trinajstić information content (AvgIpc) is 1.64. The van der Waals surface area contributed by atoms with Crippen molar-refractivity contribution in [1.82, 2.24) is 9.13 Å². The van der Waals surface area contributed by atoms with E-state index in [1.807, 2.05) is 0 Å². The second-order valence-electron chi connectivity index (χ2n) is 14.5. The summed E-state index contributed by atoms with van der Waals surface area (Å²) in [6, 6.07) is -16.7. The monoisotopic (exact) mass is 879 g/mol. The highest BCUT2D eigenvalue weighted by Crippen LogP contribution is 2.47. The maximum Gasteiger partial charge on any atom is 0.179 e. The minimum absolute atomic E-state index is 0.132. The van der Waals surface area contributed by atoms with Crippen molar-refractivity contribution < 1.29 is 42.5 Å². The fourth-order valence-electron chi connectivity index (χ4n) is 8.61. The Morgan fingerprint density at radius 1 is 0.391 bits per heavy atom. The van der Waals surface area contributed by atoms with Crippen molar-refractivity contribution in [3.05, 3.63) is 242 Å². The Balaban J connectivity index is 1.26. The lowest BCUT2D eigenvalue weighted by Gasteiger charge is -2.34. The molecular formula is C60H40N2SSi. The highest BCUT2D eigenvalue weighted by atomic mass is 32.1. The van der Waals surface area contributed by atoms with Crippen LogP contribution >= 0.6 is 11.3 Å². The van der Waals surface area contributed by atoms with Crippen LogP contribution in [-0.4, -0.2) is 17.2 Å². The molecule has 0 fully saturated rings. The Kier molecular flexibility index (Phi) is 3.99. The van der Waals surface area contributed by atoms with Gasteiger partial charge < -0.3 is 9.13 Å². The van der Waals surface area contributed by atoms with Crippen LogP contribution in [0.4, 0.5) is 0 Å². The van der Waals surface area contributed by atoms with Gasteiger partial charge in [0.25, 0.3) is 0 Å². The summed E-state index contributed by atoms with van der Waals surface area (Å²) >= 11 is 1.15. The topological polar surface area (TPSA) is 9.86 Å². The number of aromatic nitrogens is 2. The van der Waals surface area contributed by atoms with Gasteiger partial charge in [0.15, 0.2) is 8.07 Å².